The van der Waals surface area contributed by atoms with Crippen LogP contribution in [0, 0.1) is 5.82 Å². The summed E-state index contributed by atoms with van der Waals surface area (Å²) in [5.41, 5.74) is 1.49. The Kier molecular flexibility index (Phi) is 5.17. The maximum Gasteiger partial charge on any atom is 0.123 e. The van der Waals surface area contributed by atoms with Gasteiger partial charge in [0.25, 0.3) is 0 Å². The van der Waals surface area contributed by atoms with Gasteiger partial charge in [-0.15, -0.1) is 0 Å². The van der Waals surface area contributed by atoms with E-state index in [0.29, 0.717) is 6.04 Å². The minimum absolute atomic E-state index is 0.153. The SMILES string of the molecule is CCC1(CC)CN(C(C)Cc2ccc(F)cc2)CCN1. The number of nitrogens with one attached hydrogen (secondary N) is 1. The van der Waals surface area contributed by atoms with E-state index in [1.54, 1.807) is 12.1 Å². The van der Waals surface area contributed by atoms with Crippen LogP contribution < -0.4 is 5.32 Å². The molecule has 2 rings (SSSR count). The molecule has 0 spiro atoms. The highest BCUT2D eigenvalue weighted by Crippen LogP contribution is 2.22. The zero-order valence-electron chi connectivity index (χ0n) is 13.0. The molecule has 0 radical (unpaired) electrons. The van der Waals surface area contributed by atoms with Crippen molar-refractivity contribution in [2.75, 3.05) is 19.6 Å². The molecule has 0 bridgehead atoms. The van der Waals surface area contributed by atoms with Crippen LogP contribution in [0.1, 0.15) is 39.2 Å². The highest BCUT2D eigenvalue weighted by molar-refractivity contribution is 5.17. The van der Waals surface area contributed by atoms with Crippen LogP contribution in [0.2, 0.25) is 0 Å². The van der Waals surface area contributed by atoms with Crippen LogP contribution >= 0.6 is 0 Å². The largest absolute Gasteiger partial charge is 0.309 e. The highest BCUT2D eigenvalue weighted by atomic mass is 19.1. The number of halogens is 1. The fourth-order valence-corrected chi connectivity index (χ4v) is 3.18. The molecular formula is C17H27FN2. The Labute approximate surface area is 122 Å². The van der Waals surface area contributed by atoms with Crippen LogP contribution in [0.4, 0.5) is 4.39 Å². The van der Waals surface area contributed by atoms with Crippen LogP contribution in [0.15, 0.2) is 24.3 Å². The lowest BCUT2D eigenvalue weighted by molar-refractivity contribution is 0.0919. The number of hydrogen-bond donors (Lipinski definition) is 1. The summed E-state index contributed by atoms with van der Waals surface area (Å²) in [6, 6.07) is 7.42. The van der Waals surface area contributed by atoms with Gasteiger partial charge in [0.15, 0.2) is 0 Å². The summed E-state index contributed by atoms with van der Waals surface area (Å²) in [6.45, 7) is 10.1. The first-order valence-electron chi connectivity index (χ1n) is 7.82. The van der Waals surface area contributed by atoms with Crippen molar-refractivity contribution in [3.8, 4) is 0 Å². The van der Waals surface area contributed by atoms with Gasteiger partial charge in [-0.25, -0.2) is 4.39 Å². The minimum Gasteiger partial charge on any atom is -0.309 e. The van der Waals surface area contributed by atoms with Crippen molar-refractivity contribution in [2.24, 2.45) is 0 Å². The molecule has 0 aromatic heterocycles. The van der Waals surface area contributed by atoms with Gasteiger partial charge in [-0.3, -0.25) is 4.90 Å². The summed E-state index contributed by atoms with van der Waals surface area (Å²) in [5, 5.41) is 3.70. The molecule has 20 heavy (non-hydrogen) atoms. The smallest absolute Gasteiger partial charge is 0.123 e. The Morgan fingerprint density at radius 2 is 1.90 bits per heavy atom. The second kappa shape index (κ2) is 6.68. The van der Waals surface area contributed by atoms with E-state index >= 15 is 0 Å². The second-order valence-electron chi connectivity index (χ2n) is 6.06. The summed E-state index contributed by atoms with van der Waals surface area (Å²) in [4.78, 5) is 2.58. The van der Waals surface area contributed by atoms with Crippen LogP contribution in [0.25, 0.3) is 0 Å². The zero-order valence-corrected chi connectivity index (χ0v) is 13.0. The Morgan fingerprint density at radius 3 is 2.50 bits per heavy atom. The Balaban J connectivity index is 1.98. The van der Waals surface area contributed by atoms with Gasteiger partial charge in [-0.05, 0) is 43.9 Å². The molecule has 112 valence electrons. The molecule has 1 saturated heterocycles. The third kappa shape index (κ3) is 3.58. The molecule has 1 atom stereocenters. The topological polar surface area (TPSA) is 15.3 Å². The predicted molar refractivity (Wildman–Crippen MR) is 82.5 cm³/mol. The number of hydrogen-bond acceptors (Lipinski definition) is 2. The molecule has 0 aliphatic carbocycles. The highest BCUT2D eigenvalue weighted by Gasteiger charge is 2.33. The summed E-state index contributed by atoms with van der Waals surface area (Å²) in [5.74, 6) is -0.153. The lowest BCUT2D eigenvalue weighted by Gasteiger charge is -2.45. The van der Waals surface area contributed by atoms with Crippen molar-refractivity contribution in [3.63, 3.8) is 0 Å². The van der Waals surface area contributed by atoms with E-state index in [2.05, 4.69) is 31.0 Å². The van der Waals surface area contributed by atoms with Crippen molar-refractivity contribution in [3.05, 3.63) is 35.6 Å². The van der Waals surface area contributed by atoms with Gasteiger partial charge in [-0.2, -0.15) is 0 Å². The molecule has 1 aromatic rings. The van der Waals surface area contributed by atoms with Gasteiger partial charge in [-0.1, -0.05) is 26.0 Å². The predicted octanol–water partition coefficient (Wildman–Crippen LogP) is 3.22. The van der Waals surface area contributed by atoms with E-state index in [-0.39, 0.29) is 11.4 Å². The first-order valence-corrected chi connectivity index (χ1v) is 7.82. The van der Waals surface area contributed by atoms with E-state index in [0.717, 1.165) is 26.1 Å². The van der Waals surface area contributed by atoms with Gasteiger partial charge in [0, 0.05) is 31.2 Å². The quantitative estimate of drug-likeness (QED) is 0.889. The molecule has 1 N–H and O–H groups in total. The van der Waals surface area contributed by atoms with E-state index in [9.17, 15) is 4.39 Å². The first-order chi connectivity index (χ1) is 9.58. The summed E-state index contributed by atoms with van der Waals surface area (Å²) < 4.78 is 13.0. The number of nitrogens with zero attached hydrogens (tertiary/aromatic N) is 1. The fourth-order valence-electron chi connectivity index (χ4n) is 3.18. The van der Waals surface area contributed by atoms with E-state index in [1.807, 2.05) is 12.1 Å². The molecule has 1 aromatic carbocycles. The van der Waals surface area contributed by atoms with Crippen LogP contribution in [0.5, 0.6) is 0 Å². The van der Waals surface area contributed by atoms with Crippen molar-refractivity contribution >= 4 is 0 Å². The molecule has 2 nitrogen and oxygen atoms in total. The average molecular weight is 278 g/mol. The van der Waals surface area contributed by atoms with Crippen molar-refractivity contribution < 1.29 is 4.39 Å². The van der Waals surface area contributed by atoms with Gasteiger partial charge in [0.2, 0.25) is 0 Å². The summed E-state index contributed by atoms with van der Waals surface area (Å²) in [6.07, 6.45) is 3.33. The minimum atomic E-state index is -0.153. The molecule has 0 amide bonds. The third-order valence-electron chi connectivity index (χ3n) is 4.83. The molecule has 1 unspecified atom stereocenters. The number of piperazine rings is 1. The molecule has 0 saturated carbocycles. The Hall–Kier alpha value is -0.930. The fraction of sp³-hybridized carbons (Fsp3) is 0.647. The van der Waals surface area contributed by atoms with Crippen molar-refractivity contribution in [2.45, 2.75) is 51.6 Å². The van der Waals surface area contributed by atoms with Crippen LogP contribution in [-0.2, 0) is 6.42 Å². The lowest BCUT2D eigenvalue weighted by Crippen LogP contribution is -2.61. The van der Waals surface area contributed by atoms with Crippen LogP contribution in [-0.4, -0.2) is 36.1 Å². The Bertz CT molecular complexity index is 412. The van der Waals surface area contributed by atoms with Gasteiger partial charge >= 0.3 is 0 Å². The van der Waals surface area contributed by atoms with Gasteiger partial charge < -0.3 is 5.32 Å². The number of benzene rings is 1. The van der Waals surface area contributed by atoms with Gasteiger partial charge in [0.1, 0.15) is 5.82 Å². The molecule has 3 heteroatoms. The van der Waals surface area contributed by atoms with E-state index in [1.165, 1.54) is 18.4 Å². The average Bonchev–Trinajstić information content (AvgIpc) is 2.49. The first kappa shape index (κ1) is 15.5. The van der Waals surface area contributed by atoms with Gasteiger partial charge in [0.05, 0.1) is 0 Å². The molecular weight excluding hydrogens is 251 g/mol. The normalized spacial score (nSPS) is 20.8. The van der Waals surface area contributed by atoms with Crippen molar-refractivity contribution in [1.82, 2.24) is 10.2 Å². The maximum absolute atomic E-state index is 13.0. The van der Waals surface area contributed by atoms with E-state index in [4.69, 9.17) is 0 Å². The summed E-state index contributed by atoms with van der Waals surface area (Å²) in [7, 11) is 0. The molecule has 1 aliphatic rings. The molecule has 1 fully saturated rings. The second-order valence-corrected chi connectivity index (χ2v) is 6.06. The Morgan fingerprint density at radius 1 is 1.25 bits per heavy atom. The molecule has 1 aliphatic heterocycles. The van der Waals surface area contributed by atoms with Crippen LogP contribution in [0.3, 0.4) is 0 Å². The maximum atomic E-state index is 13.0. The summed E-state index contributed by atoms with van der Waals surface area (Å²) >= 11 is 0. The van der Waals surface area contributed by atoms with E-state index < -0.39 is 0 Å². The molecule has 1 heterocycles. The lowest BCUT2D eigenvalue weighted by atomic mass is 9.89. The monoisotopic (exact) mass is 278 g/mol. The standard InChI is InChI=1S/C17H27FN2/c1-4-17(5-2)13-20(11-10-19-17)14(3)12-15-6-8-16(18)9-7-15/h6-9,14,19H,4-5,10-13H2,1-3H3. The number of rotatable bonds is 5. The van der Waals surface area contributed by atoms with Crippen molar-refractivity contribution in [1.29, 1.82) is 0 Å². The third-order valence-corrected chi connectivity index (χ3v) is 4.83. The zero-order chi connectivity index (χ0) is 14.6.